The molecule has 1 heterocycles. The van der Waals surface area contributed by atoms with Crippen LogP contribution in [-0.2, 0) is 22.3 Å². The number of fused-ring (bicyclic) bond motifs is 1. The van der Waals surface area contributed by atoms with Gasteiger partial charge in [-0.2, -0.15) is 13.2 Å². The fourth-order valence-electron chi connectivity index (χ4n) is 1.82. The van der Waals surface area contributed by atoms with Gasteiger partial charge in [0.05, 0.1) is 18.8 Å². The molecule has 96 valence electrons. The highest BCUT2D eigenvalue weighted by Gasteiger charge is 2.31. The molecular formula is C12H9F3O3. The van der Waals surface area contributed by atoms with Crippen molar-refractivity contribution in [1.29, 1.82) is 0 Å². The predicted molar refractivity (Wildman–Crippen MR) is 56.7 cm³/mol. The minimum absolute atomic E-state index is 0.0518. The molecule has 1 aliphatic heterocycles. The lowest BCUT2D eigenvalue weighted by molar-refractivity contribution is -0.137. The maximum absolute atomic E-state index is 12.5. The van der Waals surface area contributed by atoms with Crippen LogP contribution < -0.4 is 0 Å². The van der Waals surface area contributed by atoms with Crippen molar-refractivity contribution in [3.63, 3.8) is 0 Å². The van der Waals surface area contributed by atoms with Crippen molar-refractivity contribution in [3.05, 3.63) is 41.0 Å². The van der Waals surface area contributed by atoms with E-state index in [1.54, 1.807) is 0 Å². The number of alkyl halides is 3. The highest BCUT2D eigenvalue weighted by atomic mass is 19.4. The van der Waals surface area contributed by atoms with Gasteiger partial charge in [0.1, 0.15) is 0 Å². The molecule has 18 heavy (non-hydrogen) atoms. The summed E-state index contributed by atoms with van der Waals surface area (Å²) < 4.78 is 42.6. The second-order valence-electron chi connectivity index (χ2n) is 3.87. The number of rotatable bonds is 1. The van der Waals surface area contributed by atoms with Gasteiger partial charge in [0.2, 0.25) is 0 Å². The van der Waals surface area contributed by atoms with E-state index in [9.17, 15) is 18.0 Å². The number of hydrogen-bond acceptors (Lipinski definition) is 2. The van der Waals surface area contributed by atoms with E-state index in [0.717, 1.165) is 18.2 Å². The largest absolute Gasteiger partial charge is 0.478 e. The molecule has 1 aromatic rings. The third-order valence-electron chi connectivity index (χ3n) is 2.59. The number of ether oxygens (including phenoxy) is 1. The number of aliphatic carboxylic acids is 1. The molecular weight excluding hydrogens is 249 g/mol. The highest BCUT2D eigenvalue weighted by molar-refractivity contribution is 5.91. The van der Waals surface area contributed by atoms with E-state index < -0.39 is 17.7 Å². The lowest BCUT2D eigenvalue weighted by Gasteiger charge is -2.20. The van der Waals surface area contributed by atoms with E-state index in [1.807, 2.05) is 0 Å². The van der Waals surface area contributed by atoms with Crippen LogP contribution in [0.15, 0.2) is 24.3 Å². The van der Waals surface area contributed by atoms with E-state index >= 15 is 0 Å². The number of carbonyl (C=O) groups is 1. The average molecular weight is 258 g/mol. The zero-order valence-corrected chi connectivity index (χ0v) is 9.12. The second kappa shape index (κ2) is 4.45. The van der Waals surface area contributed by atoms with Crippen LogP contribution in [0.4, 0.5) is 13.2 Å². The molecule has 6 heteroatoms. The van der Waals surface area contributed by atoms with Gasteiger partial charge in [-0.15, -0.1) is 0 Å². The van der Waals surface area contributed by atoms with Crippen LogP contribution in [0.3, 0.4) is 0 Å². The molecule has 0 bridgehead atoms. The number of hydrogen-bond donors (Lipinski definition) is 1. The van der Waals surface area contributed by atoms with Gasteiger partial charge in [0.25, 0.3) is 0 Å². The number of carboxylic acid groups (broad SMARTS) is 1. The first-order valence-corrected chi connectivity index (χ1v) is 5.09. The lowest BCUT2D eigenvalue weighted by Crippen LogP contribution is -2.13. The molecule has 1 aliphatic rings. The average Bonchev–Trinajstić information content (AvgIpc) is 2.27. The van der Waals surface area contributed by atoms with Crippen molar-refractivity contribution in [1.82, 2.24) is 0 Å². The Morgan fingerprint density at radius 2 is 2.06 bits per heavy atom. The second-order valence-corrected chi connectivity index (χ2v) is 3.87. The summed E-state index contributed by atoms with van der Waals surface area (Å²) in [4.78, 5) is 10.6. The molecule has 0 aliphatic carbocycles. The topological polar surface area (TPSA) is 46.5 Å². The van der Waals surface area contributed by atoms with E-state index in [4.69, 9.17) is 9.84 Å². The first-order valence-electron chi connectivity index (χ1n) is 5.09. The number of halogens is 3. The molecule has 0 saturated carbocycles. The quantitative estimate of drug-likeness (QED) is 0.788. The van der Waals surface area contributed by atoms with E-state index in [2.05, 4.69) is 0 Å². The van der Waals surface area contributed by atoms with Crippen molar-refractivity contribution < 1.29 is 27.8 Å². The smallest absolute Gasteiger partial charge is 0.416 e. The molecule has 2 rings (SSSR count). The summed E-state index contributed by atoms with van der Waals surface area (Å²) in [5.74, 6) is -1.15. The number of benzene rings is 1. The Balaban J connectivity index is 2.46. The van der Waals surface area contributed by atoms with Gasteiger partial charge < -0.3 is 9.84 Å². The zero-order valence-electron chi connectivity index (χ0n) is 9.12. The summed E-state index contributed by atoms with van der Waals surface area (Å²) >= 11 is 0. The van der Waals surface area contributed by atoms with Gasteiger partial charge in [0, 0.05) is 6.08 Å². The monoisotopic (exact) mass is 258 g/mol. The summed E-state index contributed by atoms with van der Waals surface area (Å²) in [6.45, 7) is 0.140. The van der Waals surface area contributed by atoms with Crippen LogP contribution in [0.2, 0.25) is 0 Å². The maximum Gasteiger partial charge on any atom is 0.416 e. The fraction of sp³-hybridized carbons (Fsp3) is 0.250. The van der Waals surface area contributed by atoms with Gasteiger partial charge in [-0.25, -0.2) is 4.79 Å². The Bertz CT molecular complexity index is 518. The van der Waals surface area contributed by atoms with E-state index in [-0.39, 0.29) is 13.2 Å². The van der Waals surface area contributed by atoms with Crippen LogP contribution in [0, 0.1) is 0 Å². The van der Waals surface area contributed by atoms with E-state index in [0.29, 0.717) is 16.7 Å². The molecule has 0 fully saturated rings. The van der Waals surface area contributed by atoms with Crippen LogP contribution in [0.25, 0.3) is 5.57 Å². The van der Waals surface area contributed by atoms with Gasteiger partial charge in [-0.3, -0.25) is 0 Å². The first-order chi connectivity index (χ1) is 8.38. The van der Waals surface area contributed by atoms with Crippen LogP contribution >= 0.6 is 0 Å². The van der Waals surface area contributed by atoms with Crippen molar-refractivity contribution in [3.8, 4) is 0 Å². The van der Waals surface area contributed by atoms with Gasteiger partial charge in [0.15, 0.2) is 0 Å². The Hall–Kier alpha value is -1.82. The highest BCUT2D eigenvalue weighted by Crippen LogP contribution is 2.34. The SMILES string of the molecule is O=C(O)C=C1COCc2cc(C(F)(F)F)ccc21. The van der Waals surface area contributed by atoms with Crippen molar-refractivity contribution >= 4 is 11.5 Å². The molecule has 0 spiro atoms. The fourth-order valence-corrected chi connectivity index (χ4v) is 1.82. The molecule has 1 N–H and O–H groups in total. The van der Waals surface area contributed by atoms with Gasteiger partial charge >= 0.3 is 12.1 Å². The lowest BCUT2D eigenvalue weighted by atomic mass is 9.96. The normalized spacial score (nSPS) is 17.6. The summed E-state index contributed by atoms with van der Waals surface area (Å²) in [6, 6.07) is 3.22. The minimum atomic E-state index is -4.41. The molecule has 3 nitrogen and oxygen atoms in total. The standard InChI is InChI=1S/C12H9F3O3/c13-12(14,15)9-1-2-10-7(3-9)5-18-6-8(10)4-11(16)17/h1-4H,5-6H2,(H,16,17). The molecule has 0 unspecified atom stereocenters. The number of carboxylic acids is 1. The Morgan fingerprint density at radius 3 is 2.67 bits per heavy atom. The Morgan fingerprint density at radius 1 is 1.33 bits per heavy atom. The third-order valence-corrected chi connectivity index (χ3v) is 2.59. The summed E-state index contributed by atoms with van der Waals surface area (Å²) in [7, 11) is 0. The molecule has 0 radical (unpaired) electrons. The summed E-state index contributed by atoms with van der Waals surface area (Å²) in [6.07, 6.45) is -3.46. The van der Waals surface area contributed by atoms with Gasteiger partial charge in [-0.1, -0.05) is 6.07 Å². The zero-order chi connectivity index (χ0) is 13.3. The Kier molecular flexibility index (Phi) is 3.13. The predicted octanol–water partition coefficient (Wildman–Crippen LogP) is 2.70. The maximum atomic E-state index is 12.5. The Labute approximate surface area is 100 Å². The van der Waals surface area contributed by atoms with Crippen molar-refractivity contribution in [2.24, 2.45) is 0 Å². The van der Waals surface area contributed by atoms with Gasteiger partial charge in [-0.05, 0) is 28.8 Å². The molecule has 0 amide bonds. The molecule has 0 atom stereocenters. The van der Waals surface area contributed by atoms with Crippen LogP contribution in [0.1, 0.15) is 16.7 Å². The molecule has 1 aromatic carbocycles. The van der Waals surface area contributed by atoms with Crippen molar-refractivity contribution in [2.75, 3.05) is 6.61 Å². The third kappa shape index (κ3) is 2.53. The molecule has 0 saturated heterocycles. The van der Waals surface area contributed by atoms with E-state index in [1.165, 1.54) is 6.07 Å². The van der Waals surface area contributed by atoms with Crippen LogP contribution in [0.5, 0.6) is 0 Å². The summed E-state index contributed by atoms with van der Waals surface area (Å²) in [5, 5.41) is 8.66. The molecule has 0 aromatic heterocycles. The first kappa shape index (κ1) is 12.6. The van der Waals surface area contributed by atoms with Crippen molar-refractivity contribution in [2.45, 2.75) is 12.8 Å². The summed E-state index contributed by atoms with van der Waals surface area (Å²) in [5.41, 5.74) is 0.458. The minimum Gasteiger partial charge on any atom is -0.478 e. The van der Waals surface area contributed by atoms with Crippen LogP contribution in [-0.4, -0.2) is 17.7 Å².